The van der Waals surface area contributed by atoms with Crippen molar-refractivity contribution in [3.8, 4) is 0 Å². The fourth-order valence-electron chi connectivity index (χ4n) is 1.78. The molecule has 0 saturated heterocycles. The summed E-state index contributed by atoms with van der Waals surface area (Å²) in [6.45, 7) is 4.94. The maximum atomic E-state index is 4.55. The Bertz CT molecular complexity index is 470. The van der Waals surface area contributed by atoms with Crippen molar-refractivity contribution in [1.29, 1.82) is 0 Å². The van der Waals surface area contributed by atoms with Crippen LogP contribution in [0, 0.1) is 6.92 Å². The topological polar surface area (TPSA) is 50.7 Å². The summed E-state index contributed by atoms with van der Waals surface area (Å²) in [5.74, 6) is 0. The molecule has 0 aliphatic carbocycles. The number of aryl methyl sites for hydroxylation is 1. The quantitative estimate of drug-likeness (QED) is 0.868. The van der Waals surface area contributed by atoms with Crippen LogP contribution in [-0.4, -0.2) is 21.5 Å². The Morgan fingerprint density at radius 2 is 2.00 bits per heavy atom. The molecule has 0 aliphatic rings. The Hall–Kier alpha value is -1.81. The largest absolute Gasteiger partial charge is 0.305 e. The van der Waals surface area contributed by atoms with Crippen molar-refractivity contribution >= 4 is 0 Å². The molecule has 1 atom stereocenters. The smallest absolute Gasteiger partial charge is 0.115 e. The molecule has 1 unspecified atom stereocenters. The van der Waals surface area contributed by atoms with Crippen molar-refractivity contribution in [3.05, 3.63) is 53.9 Å². The SMILES string of the molecule is CCNC(c1cncnc1)c1cccc(C)n1. The van der Waals surface area contributed by atoms with Crippen LogP contribution in [0.25, 0.3) is 0 Å². The molecule has 2 aromatic heterocycles. The average molecular weight is 228 g/mol. The molecular formula is C13H16N4. The molecule has 0 spiro atoms. The Morgan fingerprint density at radius 1 is 1.24 bits per heavy atom. The van der Waals surface area contributed by atoms with Crippen LogP contribution < -0.4 is 5.32 Å². The molecule has 0 fully saturated rings. The van der Waals surface area contributed by atoms with Crippen LogP contribution >= 0.6 is 0 Å². The highest BCUT2D eigenvalue weighted by Gasteiger charge is 2.14. The van der Waals surface area contributed by atoms with E-state index in [1.165, 1.54) is 6.33 Å². The molecule has 0 aliphatic heterocycles. The molecular weight excluding hydrogens is 212 g/mol. The van der Waals surface area contributed by atoms with Gasteiger partial charge in [-0.2, -0.15) is 0 Å². The summed E-state index contributed by atoms with van der Waals surface area (Å²) in [7, 11) is 0. The minimum atomic E-state index is 0.0566. The predicted octanol–water partition coefficient (Wildman–Crippen LogP) is 1.88. The van der Waals surface area contributed by atoms with Crippen LogP contribution in [0.15, 0.2) is 36.9 Å². The number of rotatable bonds is 4. The third-order valence-corrected chi connectivity index (χ3v) is 2.53. The minimum absolute atomic E-state index is 0.0566. The van der Waals surface area contributed by atoms with Gasteiger partial charge in [0, 0.05) is 23.7 Å². The third-order valence-electron chi connectivity index (χ3n) is 2.53. The number of nitrogens with one attached hydrogen (secondary N) is 1. The molecule has 88 valence electrons. The standard InChI is InChI=1S/C13H16N4/c1-3-16-13(11-7-14-9-15-8-11)12-6-4-5-10(2)17-12/h4-9,13,16H,3H2,1-2H3. The summed E-state index contributed by atoms with van der Waals surface area (Å²) in [5, 5.41) is 3.40. The molecule has 17 heavy (non-hydrogen) atoms. The van der Waals surface area contributed by atoms with Gasteiger partial charge in [-0.15, -0.1) is 0 Å². The second-order valence-electron chi connectivity index (χ2n) is 3.87. The first-order valence-electron chi connectivity index (χ1n) is 5.73. The van der Waals surface area contributed by atoms with Gasteiger partial charge in [0.05, 0.1) is 11.7 Å². The molecule has 1 N–H and O–H groups in total. The van der Waals surface area contributed by atoms with Crippen molar-refractivity contribution in [2.24, 2.45) is 0 Å². The van der Waals surface area contributed by atoms with Crippen molar-refractivity contribution in [1.82, 2.24) is 20.3 Å². The molecule has 2 rings (SSSR count). The highest BCUT2D eigenvalue weighted by Crippen LogP contribution is 2.18. The van der Waals surface area contributed by atoms with Crippen LogP contribution in [0.3, 0.4) is 0 Å². The summed E-state index contributed by atoms with van der Waals surface area (Å²) in [6.07, 6.45) is 5.19. The van der Waals surface area contributed by atoms with Crippen LogP contribution in [0.1, 0.15) is 29.9 Å². The van der Waals surface area contributed by atoms with Gasteiger partial charge in [0.15, 0.2) is 0 Å². The van der Waals surface area contributed by atoms with Gasteiger partial charge in [0.1, 0.15) is 6.33 Å². The highest BCUT2D eigenvalue weighted by molar-refractivity contribution is 5.24. The molecule has 0 aromatic carbocycles. The second-order valence-corrected chi connectivity index (χ2v) is 3.87. The lowest BCUT2D eigenvalue weighted by atomic mass is 10.1. The van der Waals surface area contributed by atoms with Gasteiger partial charge in [-0.25, -0.2) is 9.97 Å². The van der Waals surface area contributed by atoms with E-state index >= 15 is 0 Å². The molecule has 2 heterocycles. The molecule has 4 nitrogen and oxygen atoms in total. The molecule has 4 heteroatoms. The lowest BCUT2D eigenvalue weighted by molar-refractivity contribution is 0.609. The van der Waals surface area contributed by atoms with Gasteiger partial charge < -0.3 is 5.32 Å². The van der Waals surface area contributed by atoms with Crippen LogP contribution in [0.2, 0.25) is 0 Å². The van der Waals surface area contributed by atoms with E-state index in [9.17, 15) is 0 Å². The van der Waals surface area contributed by atoms with Crippen molar-refractivity contribution in [2.75, 3.05) is 6.54 Å². The summed E-state index contributed by atoms with van der Waals surface area (Å²) in [6, 6.07) is 6.09. The number of nitrogens with zero attached hydrogens (tertiary/aromatic N) is 3. The van der Waals surface area contributed by atoms with Crippen molar-refractivity contribution in [2.45, 2.75) is 19.9 Å². The first-order chi connectivity index (χ1) is 8.31. The fraction of sp³-hybridized carbons (Fsp3) is 0.308. The number of aromatic nitrogens is 3. The molecule has 2 aromatic rings. The zero-order chi connectivity index (χ0) is 12.1. The Kier molecular flexibility index (Phi) is 3.77. The summed E-state index contributed by atoms with van der Waals surface area (Å²) >= 11 is 0. The first kappa shape index (κ1) is 11.7. The maximum Gasteiger partial charge on any atom is 0.115 e. The van der Waals surface area contributed by atoms with E-state index in [1.807, 2.05) is 37.5 Å². The highest BCUT2D eigenvalue weighted by atomic mass is 14.9. The summed E-state index contributed by atoms with van der Waals surface area (Å²) in [4.78, 5) is 12.7. The van der Waals surface area contributed by atoms with Gasteiger partial charge in [0.2, 0.25) is 0 Å². The summed E-state index contributed by atoms with van der Waals surface area (Å²) < 4.78 is 0. The van der Waals surface area contributed by atoms with Crippen LogP contribution in [-0.2, 0) is 0 Å². The number of pyridine rings is 1. The van der Waals surface area contributed by atoms with Gasteiger partial charge in [-0.05, 0) is 25.6 Å². The molecule has 0 amide bonds. The minimum Gasteiger partial charge on any atom is -0.305 e. The second kappa shape index (κ2) is 5.50. The van der Waals surface area contributed by atoms with E-state index in [0.717, 1.165) is 23.5 Å². The lowest BCUT2D eigenvalue weighted by Crippen LogP contribution is -2.23. The lowest BCUT2D eigenvalue weighted by Gasteiger charge is -2.17. The van der Waals surface area contributed by atoms with E-state index in [4.69, 9.17) is 0 Å². The van der Waals surface area contributed by atoms with Crippen LogP contribution in [0.4, 0.5) is 0 Å². The molecule has 0 radical (unpaired) electrons. The van der Waals surface area contributed by atoms with E-state index in [0.29, 0.717) is 0 Å². The monoisotopic (exact) mass is 228 g/mol. The zero-order valence-corrected chi connectivity index (χ0v) is 10.1. The van der Waals surface area contributed by atoms with Crippen molar-refractivity contribution < 1.29 is 0 Å². The maximum absolute atomic E-state index is 4.55. The molecule has 0 saturated carbocycles. The molecule has 0 bridgehead atoms. The fourth-order valence-corrected chi connectivity index (χ4v) is 1.78. The van der Waals surface area contributed by atoms with E-state index in [-0.39, 0.29) is 6.04 Å². The normalized spacial score (nSPS) is 12.4. The van der Waals surface area contributed by atoms with Crippen LogP contribution in [0.5, 0.6) is 0 Å². The van der Waals surface area contributed by atoms with Gasteiger partial charge in [0.25, 0.3) is 0 Å². The zero-order valence-electron chi connectivity index (χ0n) is 10.1. The third kappa shape index (κ3) is 2.85. The van der Waals surface area contributed by atoms with Crippen molar-refractivity contribution in [3.63, 3.8) is 0 Å². The van der Waals surface area contributed by atoms with E-state index < -0.39 is 0 Å². The first-order valence-corrected chi connectivity index (χ1v) is 5.73. The van der Waals surface area contributed by atoms with Gasteiger partial charge >= 0.3 is 0 Å². The van der Waals surface area contributed by atoms with E-state index in [1.54, 1.807) is 0 Å². The summed E-state index contributed by atoms with van der Waals surface area (Å²) in [5.41, 5.74) is 3.05. The number of hydrogen-bond donors (Lipinski definition) is 1. The Labute approximate surface area is 101 Å². The van der Waals surface area contributed by atoms with E-state index in [2.05, 4.69) is 27.2 Å². The number of hydrogen-bond acceptors (Lipinski definition) is 4. The van der Waals surface area contributed by atoms with Gasteiger partial charge in [-0.3, -0.25) is 4.98 Å². The Balaban J connectivity index is 2.35. The average Bonchev–Trinajstić information content (AvgIpc) is 2.37. The Morgan fingerprint density at radius 3 is 2.65 bits per heavy atom. The van der Waals surface area contributed by atoms with Gasteiger partial charge in [-0.1, -0.05) is 13.0 Å². The predicted molar refractivity (Wildman–Crippen MR) is 66.5 cm³/mol.